The summed E-state index contributed by atoms with van der Waals surface area (Å²) in [6, 6.07) is 6.22. The summed E-state index contributed by atoms with van der Waals surface area (Å²) in [6.45, 7) is 12.3. The molecule has 2 rings (SSSR count). The molecular formula is C17H24N2O2. The first-order chi connectivity index (χ1) is 9.90. The Balaban J connectivity index is 2.11. The van der Waals surface area contributed by atoms with Crippen LogP contribution in [0.1, 0.15) is 44.5 Å². The molecule has 0 radical (unpaired) electrons. The van der Waals surface area contributed by atoms with Crippen LogP contribution in [0.15, 0.2) is 28.9 Å². The van der Waals surface area contributed by atoms with Crippen molar-refractivity contribution in [2.24, 2.45) is 0 Å². The van der Waals surface area contributed by atoms with Gasteiger partial charge in [-0.2, -0.15) is 4.98 Å². The monoisotopic (exact) mass is 288 g/mol. The Bertz CT molecular complexity index is 597. The molecule has 21 heavy (non-hydrogen) atoms. The van der Waals surface area contributed by atoms with Crippen molar-refractivity contribution in [3.05, 3.63) is 41.3 Å². The second kappa shape index (κ2) is 6.31. The molecular weight excluding hydrogens is 264 g/mol. The lowest BCUT2D eigenvalue weighted by molar-refractivity contribution is 0.329. The lowest BCUT2D eigenvalue weighted by atomic mass is 9.86. The lowest BCUT2D eigenvalue weighted by Crippen LogP contribution is -2.11. The van der Waals surface area contributed by atoms with Gasteiger partial charge in [0, 0.05) is 6.54 Å². The van der Waals surface area contributed by atoms with Crippen LogP contribution in [0.4, 0.5) is 0 Å². The van der Waals surface area contributed by atoms with Crippen molar-refractivity contribution in [3.63, 3.8) is 0 Å². The van der Waals surface area contributed by atoms with E-state index in [0.29, 0.717) is 6.54 Å². The van der Waals surface area contributed by atoms with E-state index >= 15 is 0 Å². The number of aromatic nitrogens is 1. The molecule has 0 aliphatic rings. The molecule has 0 fully saturated rings. The summed E-state index contributed by atoms with van der Waals surface area (Å²) in [4.78, 5) is 4.30. The van der Waals surface area contributed by atoms with Crippen LogP contribution in [-0.4, -0.2) is 11.5 Å². The van der Waals surface area contributed by atoms with Gasteiger partial charge in [0.2, 0.25) is 0 Å². The molecule has 0 saturated heterocycles. The van der Waals surface area contributed by atoms with Crippen LogP contribution in [-0.2, 0) is 12.0 Å². The number of rotatable bonds is 5. The van der Waals surface area contributed by atoms with Gasteiger partial charge in [-0.15, -0.1) is 0 Å². The molecule has 0 aliphatic carbocycles. The summed E-state index contributed by atoms with van der Waals surface area (Å²) in [5.41, 5.74) is 3.34. The van der Waals surface area contributed by atoms with E-state index in [1.807, 2.05) is 13.0 Å². The first kappa shape index (κ1) is 15.6. The molecule has 0 bridgehead atoms. The van der Waals surface area contributed by atoms with Gasteiger partial charge in [-0.05, 0) is 36.1 Å². The van der Waals surface area contributed by atoms with Crippen molar-refractivity contribution < 1.29 is 9.15 Å². The maximum absolute atomic E-state index is 5.73. The summed E-state index contributed by atoms with van der Waals surface area (Å²) in [7, 11) is 0. The smallest absolute Gasteiger partial charge is 0.399 e. The van der Waals surface area contributed by atoms with Crippen molar-refractivity contribution in [2.75, 3.05) is 6.54 Å². The van der Waals surface area contributed by atoms with Gasteiger partial charge >= 0.3 is 6.08 Å². The molecule has 0 saturated carbocycles. The zero-order valence-corrected chi connectivity index (χ0v) is 13.5. The average molecular weight is 288 g/mol. The summed E-state index contributed by atoms with van der Waals surface area (Å²) in [5.74, 6) is 0.778. The van der Waals surface area contributed by atoms with E-state index in [-0.39, 0.29) is 11.5 Å². The minimum Gasteiger partial charge on any atom is -0.417 e. The van der Waals surface area contributed by atoms with Crippen molar-refractivity contribution in [1.29, 1.82) is 0 Å². The maximum Gasteiger partial charge on any atom is 0.399 e. The molecule has 1 N–H and O–H groups in total. The predicted octanol–water partition coefficient (Wildman–Crippen LogP) is 4.18. The Morgan fingerprint density at radius 1 is 1.29 bits per heavy atom. The molecule has 0 aliphatic heterocycles. The molecule has 2 aromatic rings. The van der Waals surface area contributed by atoms with Gasteiger partial charge in [-0.1, -0.05) is 39.8 Å². The van der Waals surface area contributed by atoms with Crippen molar-refractivity contribution in [1.82, 2.24) is 10.3 Å². The second-order valence-electron chi connectivity index (χ2n) is 6.22. The van der Waals surface area contributed by atoms with E-state index in [1.165, 1.54) is 5.56 Å². The predicted molar refractivity (Wildman–Crippen MR) is 83.8 cm³/mol. The van der Waals surface area contributed by atoms with Gasteiger partial charge < -0.3 is 14.5 Å². The van der Waals surface area contributed by atoms with Crippen LogP contribution in [0.3, 0.4) is 0 Å². The minimum atomic E-state index is 0.130. The van der Waals surface area contributed by atoms with Crippen molar-refractivity contribution in [2.45, 2.75) is 46.6 Å². The molecule has 0 amide bonds. The summed E-state index contributed by atoms with van der Waals surface area (Å²) >= 11 is 0. The highest BCUT2D eigenvalue weighted by molar-refractivity contribution is 5.39. The Kier molecular flexibility index (Phi) is 4.68. The molecule has 0 spiro atoms. The van der Waals surface area contributed by atoms with E-state index in [2.05, 4.69) is 50.1 Å². The molecule has 0 unspecified atom stereocenters. The Labute approximate surface area is 126 Å². The Morgan fingerprint density at radius 2 is 2.05 bits per heavy atom. The van der Waals surface area contributed by atoms with E-state index in [0.717, 1.165) is 23.6 Å². The van der Waals surface area contributed by atoms with E-state index in [4.69, 9.17) is 9.15 Å². The number of nitrogens with zero attached hydrogens (tertiary/aromatic N) is 1. The number of benzene rings is 1. The minimum absolute atomic E-state index is 0.130. The van der Waals surface area contributed by atoms with Gasteiger partial charge in [-0.25, -0.2) is 0 Å². The third-order valence-electron chi connectivity index (χ3n) is 3.33. The van der Waals surface area contributed by atoms with Crippen LogP contribution in [0.5, 0.6) is 11.8 Å². The molecule has 1 aromatic heterocycles. The number of aryl methyl sites for hydroxylation is 1. The highest BCUT2D eigenvalue weighted by Gasteiger charge is 2.15. The van der Waals surface area contributed by atoms with E-state index < -0.39 is 0 Å². The first-order valence-corrected chi connectivity index (χ1v) is 7.34. The molecule has 1 heterocycles. The van der Waals surface area contributed by atoms with E-state index in [9.17, 15) is 0 Å². The first-order valence-electron chi connectivity index (χ1n) is 7.34. The quantitative estimate of drug-likeness (QED) is 0.896. The standard InChI is InChI=1S/C17H24N2O2/c1-6-18-10-14-11-20-16(19-14)21-15-8-7-13(9-12(15)2)17(3,4)5/h7-9,11,18H,6,10H2,1-5H3. The lowest BCUT2D eigenvalue weighted by Gasteiger charge is -2.20. The van der Waals surface area contributed by atoms with Crippen LogP contribution in [0.2, 0.25) is 0 Å². The summed E-state index contributed by atoms with van der Waals surface area (Å²) in [6.07, 6.45) is 1.91. The number of ether oxygens (including phenoxy) is 1. The zero-order valence-electron chi connectivity index (χ0n) is 13.5. The fourth-order valence-corrected chi connectivity index (χ4v) is 1.99. The highest BCUT2D eigenvalue weighted by Crippen LogP contribution is 2.30. The summed E-state index contributed by atoms with van der Waals surface area (Å²) < 4.78 is 11.1. The number of hydrogen-bond acceptors (Lipinski definition) is 4. The third-order valence-corrected chi connectivity index (χ3v) is 3.33. The third kappa shape index (κ3) is 4.08. The number of hydrogen-bond donors (Lipinski definition) is 1. The molecule has 4 nitrogen and oxygen atoms in total. The zero-order chi connectivity index (χ0) is 15.5. The molecule has 4 heteroatoms. The SMILES string of the molecule is CCNCc1coc(Oc2ccc(C(C)(C)C)cc2C)n1. The van der Waals surface area contributed by atoms with Crippen molar-refractivity contribution in [3.8, 4) is 11.8 Å². The van der Waals surface area contributed by atoms with Gasteiger partial charge in [0.1, 0.15) is 12.0 Å². The van der Waals surface area contributed by atoms with Gasteiger partial charge in [0.05, 0.1) is 5.69 Å². The Hall–Kier alpha value is -1.81. The fourth-order valence-electron chi connectivity index (χ4n) is 1.99. The highest BCUT2D eigenvalue weighted by atomic mass is 16.6. The normalized spacial score (nSPS) is 11.7. The molecule has 0 atom stereocenters. The maximum atomic E-state index is 5.73. The van der Waals surface area contributed by atoms with E-state index in [1.54, 1.807) is 6.26 Å². The largest absolute Gasteiger partial charge is 0.417 e. The second-order valence-corrected chi connectivity index (χ2v) is 6.22. The van der Waals surface area contributed by atoms with Crippen LogP contribution in [0, 0.1) is 6.92 Å². The number of nitrogens with one attached hydrogen (secondary N) is 1. The number of oxazole rings is 1. The van der Waals surface area contributed by atoms with Gasteiger partial charge in [0.25, 0.3) is 0 Å². The van der Waals surface area contributed by atoms with Crippen LogP contribution >= 0.6 is 0 Å². The van der Waals surface area contributed by atoms with Crippen LogP contribution in [0.25, 0.3) is 0 Å². The Morgan fingerprint density at radius 3 is 2.67 bits per heavy atom. The van der Waals surface area contributed by atoms with Gasteiger partial charge in [0.15, 0.2) is 0 Å². The van der Waals surface area contributed by atoms with Crippen LogP contribution < -0.4 is 10.1 Å². The van der Waals surface area contributed by atoms with Gasteiger partial charge in [-0.3, -0.25) is 0 Å². The molecule has 114 valence electrons. The molecule has 1 aromatic carbocycles. The average Bonchev–Trinajstić information content (AvgIpc) is 2.85. The van der Waals surface area contributed by atoms with Crippen molar-refractivity contribution >= 4 is 0 Å². The fraction of sp³-hybridized carbons (Fsp3) is 0.471. The topological polar surface area (TPSA) is 47.3 Å². The summed E-state index contributed by atoms with van der Waals surface area (Å²) in [5, 5.41) is 3.20.